The second kappa shape index (κ2) is 7.40. The minimum absolute atomic E-state index is 0.274. The molecule has 4 nitrogen and oxygen atoms in total. The molecule has 0 spiro atoms. The molecule has 0 aliphatic heterocycles. The van der Waals surface area contributed by atoms with Gasteiger partial charge in [-0.15, -0.1) is 0 Å². The van der Waals surface area contributed by atoms with Crippen molar-refractivity contribution in [1.82, 2.24) is 0 Å². The van der Waals surface area contributed by atoms with Crippen molar-refractivity contribution in [2.24, 2.45) is 5.41 Å². The molecule has 0 atom stereocenters. The molecule has 1 aromatic rings. The normalized spacial score (nSPS) is 10.4. The molecule has 0 aromatic heterocycles. The Labute approximate surface area is 120 Å². The Morgan fingerprint density at radius 2 is 1.80 bits per heavy atom. The summed E-state index contributed by atoms with van der Waals surface area (Å²) in [4.78, 5) is 0. The fourth-order valence-electron chi connectivity index (χ4n) is 1.75. The van der Waals surface area contributed by atoms with Crippen LogP contribution in [0.5, 0.6) is 11.5 Å². The summed E-state index contributed by atoms with van der Waals surface area (Å²) in [5.74, 6) is 1.25. The highest BCUT2D eigenvalue weighted by atomic mass is 16.5. The summed E-state index contributed by atoms with van der Waals surface area (Å²) in [6.07, 6.45) is 2.67. The van der Waals surface area contributed by atoms with Crippen LogP contribution in [0.1, 0.15) is 38.7 Å². The first-order valence-electron chi connectivity index (χ1n) is 6.64. The summed E-state index contributed by atoms with van der Waals surface area (Å²) in [7, 11) is 1.56. The second-order valence-electron chi connectivity index (χ2n) is 5.31. The van der Waals surface area contributed by atoms with E-state index in [0.29, 0.717) is 23.7 Å². The van der Waals surface area contributed by atoms with Gasteiger partial charge in [0, 0.05) is 6.07 Å². The van der Waals surface area contributed by atoms with Crippen LogP contribution in [0.15, 0.2) is 18.2 Å². The van der Waals surface area contributed by atoms with Gasteiger partial charge in [-0.1, -0.05) is 0 Å². The van der Waals surface area contributed by atoms with Gasteiger partial charge in [0.1, 0.15) is 11.5 Å². The van der Waals surface area contributed by atoms with Crippen LogP contribution in [0.4, 0.5) is 0 Å². The van der Waals surface area contributed by atoms with Crippen molar-refractivity contribution in [3.63, 3.8) is 0 Å². The van der Waals surface area contributed by atoms with Crippen molar-refractivity contribution in [3.05, 3.63) is 23.8 Å². The van der Waals surface area contributed by atoms with Crippen LogP contribution in [-0.2, 0) is 0 Å². The number of nitriles is 2. The molecule has 0 saturated carbocycles. The van der Waals surface area contributed by atoms with Gasteiger partial charge in [-0.3, -0.25) is 0 Å². The minimum Gasteiger partial charge on any atom is -0.497 e. The Bertz CT molecular complexity index is 524. The lowest BCUT2D eigenvalue weighted by molar-refractivity contribution is 0.293. The Balaban J connectivity index is 2.43. The van der Waals surface area contributed by atoms with Crippen molar-refractivity contribution in [3.8, 4) is 23.6 Å². The SMILES string of the molecule is COc1cc(C#N)cc(OCCCCC(C)(C)C#N)c1. The maximum absolute atomic E-state index is 8.92. The number of hydrogen-bond donors (Lipinski definition) is 0. The van der Waals surface area contributed by atoms with Gasteiger partial charge in [0.25, 0.3) is 0 Å². The third-order valence-corrected chi connectivity index (χ3v) is 3.01. The molecular formula is C16H20N2O2. The topological polar surface area (TPSA) is 66.0 Å². The molecule has 106 valence electrons. The molecule has 0 N–H and O–H groups in total. The van der Waals surface area contributed by atoms with E-state index in [2.05, 4.69) is 12.1 Å². The Hall–Kier alpha value is -2.20. The highest BCUT2D eigenvalue weighted by Crippen LogP contribution is 2.24. The molecule has 0 radical (unpaired) electrons. The van der Waals surface area contributed by atoms with Gasteiger partial charge >= 0.3 is 0 Å². The number of ether oxygens (including phenoxy) is 2. The Morgan fingerprint density at radius 3 is 2.40 bits per heavy atom. The summed E-state index contributed by atoms with van der Waals surface area (Å²) in [6, 6.07) is 9.49. The van der Waals surface area contributed by atoms with Crippen molar-refractivity contribution in [2.75, 3.05) is 13.7 Å². The number of methoxy groups -OCH3 is 1. The van der Waals surface area contributed by atoms with Crippen LogP contribution in [0.3, 0.4) is 0 Å². The zero-order valence-corrected chi connectivity index (χ0v) is 12.3. The van der Waals surface area contributed by atoms with E-state index < -0.39 is 0 Å². The Morgan fingerprint density at radius 1 is 1.10 bits per heavy atom. The lowest BCUT2D eigenvalue weighted by Crippen LogP contribution is -2.08. The third kappa shape index (κ3) is 5.20. The number of rotatable bonds is 7. The predicted molar refractivity (Wildman–Crippen MR) is 76.4 cm³/mol. The average Bonchev–Trinajstić information content (AvgIpc) is 2.46. The molecule has 0 amide bonds. The monoisotopic (exact) mass is 272 g/mol. The van der Waals surface area contributed by atoms with Crippen LogP contribution in [-0.4, -0.2) is 13.7 Å². The van der Waals surface area contributed by atoms with Gasteiger partial charge in [0.2, 0.25) is 0 Å². The number of benzene rings is 1. The van der Waals surface area contributed by atoms with Gasteiger partial charge in [0.15, 0.2) is 0 Å². The van der Waals surface area contributed by atoms with Gasteiger partial charge < -0.3 is 9.47 Å². The first kappa shape index (κ1) is 15.9. The van der Waals surface area contributed by atoms with Crippen LogP contribution >= 0.6 is 0 Å². The van der Waals surface area contributed by atoms with E-state index >= 15 is 0 Å². The van der Waals surface area contributed by atoms with Crippen molar-refractivity contribution < 1.29 is 9.47 Å². The lowest BCUT2D eigenvalue weighted by Gasteiger charge is -2.14. The second-order valence-corrected chi connectivity index (χ2v) is 5.31. The van der Waals surface area contributed by atoms with E-state index in [1.165, 1.54) is 0 Å². The molecule has 1 rings (SSSR count). The quantitative estimate of drug-likeness (QED) is 0.710. The molecule has 1 aromatic carbocycles. The molecule has 0 bridgehead atoms. The first-order valence-corrected chi connectivity index (χ1v) is 6.64. The molecule has 20 heavy (non-hydrogen) atoms. The number of nitrogens with zero attached hydrogens (tertiary/aromatic N) is 2. The van der Waals surface area contributed by atoms with E-state index in [1.54, 1.807) is 25.3 Å². The predicted octanol–water partition coefficient (Wildman–Crippen LogP) is 3.67. The van der Waals surface area contributed by atoms with Crippen molar-refractivity contribution >= 4 is 0 Å². The standard InChI is InChI=1S/C16H20N2O2/c1-16(2,12-18)6-4-5-7-20-15-9-13(11-17)8-14(10-15)19-3/h8-10H,4-7H2,1-3H3. The summed E-state index contributed by atoms with van der Waals surface area (Å²) in [6.45, 7) is 4.45. The maximum atomic E-state index is 8.92. The van der Waals surface area contributed by atoms with Gasteiger partial charge in [-0.05, 0) is 45.2 Å². The summed E-state index contributed by atoms with van der Waals surface area (Å²) >= 11 is 0. The number of unbranched alkanes of at least 4 members (excludes halogenated alkanes) is 1. The van der Waals surface area contributed by atoms with Gasteiger partial charge in [-0.2, -0.15) is 10.5 Å². The zero-order chi connectivity index (χ0) is 15.0. The van der Waals surface area contributed by atoms with E-state index in [1.807, 2.05) is 13.8 Å². The molecule has 0 aliphatic rings. The largest absolute Gasteiger partial charge is 0.497 e. The van der Waals surface area contributed by atoms with E-state index in [-0.39, 0.29) is 5.41 Å². The zero-order valence-electron chi connectivity index (χ0n) is 12.3. The summed E-state index contributed by atoms with van der Waals surface area (Å²) in [5, 5.41) is 17.8. The highest BCUT2D eigenvalue weighted by molar-refractivity contribution is 5.43. The fourth-order valence-corrected chi connectivity index (χ4v) is 1.75. The highest BCUT2D eigenvalue weighted by Gasteiger charge is 2.15. The molecular weight excluding hydrogens is 252 g/mol. The van der Waals surface area contributed by atoms with Crippen LogP contribution < -0.4 is 9.47 Å². The molecule has 4 heteroatoms. The van der Waals surface area contributed by atoms with Crippen molar-refractivity contribution in [2.45, 2.75) is 33.1 Å². The molecule has 0 saturated heterocycles. The van der Waals surface area contributed by atoms with E-state index in [9.17, 15) is 0 Å². The van der Waals surface area contributed by atoms with Crippen LogP contribution in [0.25, 0.3) is 0 Å². The maximum Gasteiger partial charge on any atom is 0.124 e. The minimum atomic E-state index is -0.274. The fraction of sp³-hybridized carbons (Fsp3) is 0.500. The first-order chi connectivity index (χ1) is 9.50. The molecule has 0 fully saturated rings. The molecule has 0 unspecified atom stereocenters. The summed E-state index contributed by atoms with van der Waals surface area (Å²) in [5.41, 5.74) is 0.245. The lowest BCUT2D eigenvalue weighted by atomic mass is 9.89. The molecule has 0 heterocycles. The number of hydrogen-bond acceptors (Lipinski definition) is 4. The van der Waals surface area contributed by atoms with Crippen LogP contribution in [0, 0.1) is 28.1 Å². The Kier molecular flexibility index (Phi) is 5.87. The smallest absolute Gasteiger partial charge is 0.124 e. The third-order valence-electron chi connectivity index (χ3n) is 3.01. The van der Waals surface area contributed by atoms with E-state index in [4.69, 9.17) is 20.0 Å². The van der Waals surface area contributed by atoms with Gasteiger partial charge in [-0.25, -0.2) is 0 Å². The van der Waals surface area contributed by atoms with Crippen molar-refractivity contribution in [1.29, 1.82) is 10.5 Å². The molecule has 0 aliphatic carbocycles. The summed E-state index contributed by atoms with van der Waals surface area (Å²) < 4.78 is 10.7. The van der Waals surface area contributed by atoms with E-state index in [0.717, 1.165) is 19.3 Å². The van der Waals surface area contributed by atoms with Gasteiger partial charge in [0.05, 0.1) is 36.8 Å². The van der Waals surface area contributed by atoms with Crippen LogP contribution in [0.2, 0.25) is 0 Å². The average molecular weight is 272 g/mol.